The third-order valence-electron chi connectivity index (χ3n) is 3.68. The first kappa shape index (κ1) is 18.6. The predicted molar refractivity (Wildman–Crippen MR) is 96.8 cm³/mol. The summed E-state index contributed by atoms with van der Waals surface area (Å²) in [6.07, 6.45) is 0.799. The highest BCUT2D eigenvalue weighted by Gasteiger charge is 2.29. The number of carbonyl (C=O) groups is 1. The van der Waals surface area contributed by atoms with Crippen LogP contribution in [-0.2, 0) is 11.3 Å². The van der Waals surface area contributed by atoms with Crippen LogP contribution in [-0.4, -0.2) is 36.2 Å². The molecule has 1 saturated heterocycles. The fourth-order valence-corrected chi connectivity index (χ4v) is 3.01. The van der Waals surface area contributed by atoms with Gasteiger partial charge in [0.05, 0.1) is 5.02 Å². The summed E-state index contributed by atoms with van der Waals surface area (Å²) in [5.74, 6) is 0.466. The summed E-state index contributed by atoms with van der Waals surface area (Å²) in [7, 11) is 0. The highest BCUT2D eigenvalue weighted by molar-refractivity contribution is 9.10. The normalized spacial score (nSPS) is 18.3. The van der Waals surface area contributed by atoms with E-state index in [1.165, 1.54) is 0 Å². The van der Waals surface area contributed by atoms with Gasteiger partial charge in [0, 0.05) is 30.7 Å². The molecule has 1 unspecified atom stereocenters. The molecule has 0 aliphatic carbocycles. The van der Waals surface area contributed by atoms with Crippen molar-refractivity contribution in [3.05, 3.63) is 33.3 Å². The minimum Gasteiger partial charge on any atom is -0.444 e. The molecule has 4 nitrogen and oxygen atoms in total. The molecule has 1 aromatic rings. The Morgan fingerprint density at radius 3 is 2.87 bits per heavy atom. The number of rotatable bonds is 4. The predicted octanol–water partition coefficient (Wildman–Crippen LogP) is 4.45. The molecule has 1 atom stereocenters. The van der Waals surface area contributed by atoms with Crippen molar-refractivity contribution in [3.63, 3.8) is 0 Å². The summed E-state index contributed by atoms with van der Waals surface area (Å²) >= 11 is 9.48. The van der Waals surface area contributed by atoms with Crippen LogP contribution in [0.2, 0.25) is 5.02 Å². The maximum Gasteiger partial charge on any atom is 0.410 e. The molecule has 1 amide bonds. The van der Waals surface area contributed by atoms with E-state index in [1.54, 1.807) is 4.90 Å². The Kier molecular flexibility index (Phi) is 6.34. The van der Waals surface area contributed by atoms with Crippen LogP contribution in [0.5, 0.6) is 0 Å². The number of carbonyl (C=O) groups excluding carboxylic acids is 1. The van der Waals surface area contributed by atoms with E-state index in [2.05, 4.69) is 21.2 Å². The smallest absolute Gasteiger partial charge is 0.410 e. The second kappa shape index (κ2) is 7.86. The minimum absolute atomic E-state index is 0.209. The number of nitrogens with one attached hydrogen (secondary N) is 1. The van der Waals surface area contributed by atoms with Gasteiger partial charge in [-0.1, -0.05) is 17.7 Å². The molecule has 0 aromatic heterocycles. The van der Waals surface area contributed by atoms with Gasteiger partial charge in [-0.05, 0) is 66.7 Å². The average Bonchev–Trinajstić information content (AvgIpc) is 2.90. The first-order valence-electron chi connectivity index (χ1n) is 7.87. The number of likely N-dealkylation sites (tertiary alicyclic amines) is 1. The lowest BCUT2D eigenvalue weighted by Gasteiger charge is -2.24. The summed E-state index contributed by atoms with van der Waals surface area (Å²) in [6, 6.07) is 5.96. The maximum atomic E-state index is 12.0. The molecule has 0 saturated carbocycles. The number of hydrogen-bond donors (Lipinski definition) is 1. The van der Waals surface area contributed by atoms with E-state index in [0.717, 1.165) is 47.7 Å². The lowest BCUT2D eigenvalue weighted by Crippen LogP contribution is -2.36. The van der Waals surface area contributed by atoms with Gasteiger partial charge >= 0.3 is 6.09 Å². The van der Waals surface area contributed by atoms with Crippen LogP contribution < -0.4 is 5.32 Å². The summed E-state index contributed by atoms with van der Waals surface area (Å²) < 4.78 is 6.32. The molecular weight excluding hydrogens is 380 g/mol. The number of hydrogen-bond acceptors (Lipinski definition) is 3. The third-order valence-corrected chi connectivity index (χ3v) is 4.92. The first-order valence-corrected chi connectivity index (χ1v) is 9.04. The number of benzene rings is 1. The molecule has 2 rings (SSSR count). The van der Waals surface area contributed by atoms with Crippen LogP contribution in [0.3, 0.4) is 0 Å². The zero-order valence-corrected chi connectivity index (χ0v) is 16.2. The molecule has 1 fully saturated rings. The molecule has 0 spiro atoms. The average molecular weight is 404 g/mol. The van der Waals surface area contributed by atoms with Gasteiger partial charge in [-0.2, -0.15) is 0 Å². The van der Waals surface area contributed by atoms with Gasteiger partial charge in [-0.25, -0.2) is 4.79 Å². The topological polar surface area (TPSA) is 41.6 Å². The van der Waals surface area contributed by atoms with Gasteiger partial charge in [-0.3, -0.25) is 0 Å². The Bertz CT molecular complexity index is 560. The molecule has 1 aliphatic heterocycles. The van der Waals surface area contributed by atoms with Crippen LogP contribution in [0, 0.1) is 5.92 Å². The second-order valence-corrected chi connectivity index (χ2v) is 8.22. The van der Waals surface area contributed by atoms with Crippen molar-refractivity contribution in [2.45, 2.75) is 39.3 Å². The van der Waals surface area contributed by atoms with Crippen LogP contribution in [0.1, 0.15) is 32.8 Å². The number of ether oxygens (including phenoxy) is 1. The summed E-state index contributed by atoms with van der Waals surface area (Å²) in [5.41, 5.74) is 0.717. The van der Waals surface area contributed by atoms with Gasteiger partial charge in [0.15, 0.2) is 0 Å². The number of amides is 1. The largest absolute Gasteiger partial charge is 0.444 e. The van der Waals surface area contributed by atoms with Crippen molar-refractivity contribution >= 4 is 33.6 Å². The van der Waals surface area contributed by atoms with Gasteiger partial charge < -0.3 is 15.0 Å². The SMILES string of the molecule is CC(C)(C)OC(=O)N1CCC(CNCc2ccc(Br)c(Cl)c2)C1. The van der Waals surface area contributed by atoms with Gasteiger partial charge in [0.25, 0.3) is 0 Å². The molecule has 1 heterocycles. The summed E-state index contributed by atoms with van der Waals surface area (Å²) in [5, 5.41) is 4.17. The van der Waals surface area contributed by atoms with Crippen molar-refractivity contribution in [1.29, 1.82) is 0 Å². The minimum atomic E-state index is -0.436. The Labute approximate surface area is 151 Å². The lowest BCUT2D eigenvalue weighted by molar-refractivity contribution is 0.0288. The zero-order chi connectivity index (χ0) is 17.0. The number of nitrogens with zero attached hydrogens (tertiary/aromatic N) is 1. The lowest BCUT2D eigenvalue weighted by atomic mass is 10.1. The Hall–Kier alpha value is -0.780. The molecule has 1 aliphatic rings. The Morgan fingerprint density at radius 1 is 1.48 bits per heavy atom. The van der Waals surface area contributed by atoms with E-state index < -0.39 is 5.60 Å². The third kappa shape index (κ3) is 5.98. The maximum absolute atomic E-state index is 12.0. The molecule has 128 valence electrons. The van der Waals surface area contributed by atoms with Crippen molar-refractivity contribution in [1.82, 2.24) is 10.2 Å². The van der Waals surface area contributed by atoms with E-state index >= 15 is 0 Å². The number of halogens is 2. The molecule has 0 radical (unpaired) electrons. The fourth-order valence-electron chi connectivity index (χ4n) is 2.56. The van der Waals surface area contributed by atoms with E-state index in [9.17, 15) is 4.79 Å². The second-order valence-electron chi connectivity index (χ2n) is 6.96. The van der Waals surface area contributed by atoms with Crippen LogP contribution in [0.25, 0.3) is 0 Å². The van der Waals surface area contributed by atoms with Crippen molar-refractivity contribution in [2.75, 3.05) is 19.6 Å². The highest BCUT2D eigenvalue weighted by Crippen LogP contribution is 2.23. The Morgan fingerprint density at radius 2 is 2.22 bits per heavy atom. The summed E-state index contributed by atoms with van der Waals surface area (Å²) in [6.45, 7) is 8.85. The van der Waals surface area contributed by atoms with Crippen LogP contribution in [0.15, 0.2) is 22.7 Å². The first-order chi connectivity index (χ1) is 10.7. The molecule has 23 heavy (non-hydrogen) atoms. The van der Waals surface area contributed by atoms with Gasteiger partial charge in [0.2, 0.25) is 0 Å². The Balaban J connectivity index is 1.73. The monoisotopic (exact) mass is 402 g/mol. The molecular formula is C17H24BrClN2O2. The zero-order valence-electron chi connectivity index (χ0n) is 13.9. The van der Waals surface area contributed by atoms with Crippen molar-refractivity contribution in [3.8, 4) is 0 Å². The molecule has 6 heteroatoms. The van der Waals surface area contributed by atoms with E-state index in [0.29, 0.717) is 5.92 Å². The van der Waals surface area contributed by atoms with Gasteiger partial charge in [-0.15, -0.1) is 0 Å². The van der Waals surface area contributed by atoms with Crippen LogP contribution in [0.4, 0.5) is 4.79 Å². The van der Waals surface area contributed by atoms with Gasteiger partial charge in [0.1, 0.15) is 5.60 Å². The summed E-state index contributed by atoms with van der Waals surface area (Å²) in [4.78, 5) is 13.8. The molecule has 0 bridgehead atoms. The quantitative estimate of drug-likeness (QED) is 0.807. The van der Waals surface area contributed by atoms with Crippen molar-refractivity contribution < 1.29 is 9.53 Å². The highest BCUT2D eigenvalue weighted by atomic mass is 79.9. The van der Waals surface area contributed by atoms with Crippen molar-refractivity contribution in [2.24, 2.45) is 5.92 Å². The molecule has 1 N–H and O–H groups in total. The van der Waals surface area contributed by atoms with E-state index in [-0.39, 0.29) is 6.09 Å². The van der Waals surface area contributed by atoms with Crippen LogP contribution >= 0.6 is 27.5 Å². The van der Waals surface area contributed by atoms with E-state index in [4.69, 9.17) is 16.3 Å². The standard InChI is InChI=1S/C17H24BrClN2O2/c1-17(2,3)23-16(22)21-7-6-13(11-21)10-20-9-12-4-5-14(18)15(19)8-12/h4-5,8,13,20H,6-7,9-11H2,1-3H3. The fraction of sp³-hybridized carbons (Fsp3) is 0.588. The van der Waals surface area contributed by atoms with E-state index in [1.807, 2.05) is 39.0 Å². The molecule has 1 aromatic carbocycles.